The van der Waals surface area contributed by atoms with Crippen LogP contribution in [-0.4, -0.2) is 53.5 Å². The Labute approximate surface area is 130 Å². The van der Waals surface area contributed by atoms with Gasteiger partial charge in [0, 0.05) is 24.7 Å². The van der Waals surface area contributed by atoms with E-state index >= 15 is 0 Å². The fourth-order valence-corrected chi connectivity index (χ4v) is 4.16. The molecular formula is C17H33N3O. The summed E-state index contributed by atoms with van der Waals surface area (Å²) in [4.78, 5) is 16.9. The summed E-state index contributed by atoms with van der Waals surface area (Å²) < 4.78 is 0. The van der Waals surface area contributed by atoms with Gasteiger partial charge in [0.05, 0.1) is 6.04 Å². The van der Waals surface area contributed by atoms with Crippen molar-refractivity contribution in [3.63, 3.8) is 0 Å². The van der Waals surface area contributed by atoms with E-state index in [1.165, 1.54) is 25.7 Å². The van der Waals surface area contributed by atoms with Gasteiger partial charge in [0.15, 0.2) is 0 Å². The van der Waals surface area contributed by atoms with Crippen LogP contribution in [0.4, 0.5) is 0 Å². The van der Waals surface area contributed by atoms with Crippen LogP contribution < -0.4 is 5.73 Å². The molecule has 1 unspecified atom stereocenters. The molecule has 1 saturated carbocycles. The third-order valence-electron chi connectivity index (χ3n) is 5.65. The lowest BCUT2D eigenvalue weighted by molar-refractivity contribution is -0.133. The normalized spacial score (nSPS) is 34.2. The fourth-order valence-electron chi connectivity index (χ4n) is 4.16. The topological polar surface area (TPSA) is 49.6 Å². The molecule has 0 aromatic carbocycles. The molecule has 0 radical (unpaired) electrons. The quantitative estimate of drug-likeness (QED) is 0.846. The van der Waals surface area contributed by atoms with Crippen molar-refractivity contribution in [3.05, 3.63) is 0 Å². The molecule has 0 spiro atoms. The van der Waals surface area contributed by atoms with Gasteiger partial charge >= 0.3 is 0 Å². The molecular weight excluding hydrogens is 262 g/mol. The average molecular weight is 295 g/mol. The van der Waals surface area contributed by atoms with Gasteiger partial charge in [-0.05, 0) is 58.9 Å². The number of carbonyl (C=O) groups is 1. The molecule has 1 saturated heterocycles. The van der Waals surface area contributed by atoms with E-state index in [1.54, 1.807) is 0 Å². The average Bonchev–Trinajstić information content (AvgIpc) is 2.78. The van der Waals surface area contributed by atoms with Crippen LogP contribution in [0.15, 0.2) is 0 Å². The first kappa shape index (κ1) is 16.8. The van der Waals surface area contributed by atoms with Gasteiger partial charge in [-0.15, -0.1) is 0 Å². The Bertz CT molecular complexity index is 358. The van der Waals surface area contributed by atoms with E-state index < -0.39 is 0 Å². The molecule has 122 valence electrons. The third kappa shape index (κ3) is 3.59. The predicted molar refractivity (Wildman–Crippen MR) is 87.0 cm³/mol. The van der Waals surface area contributed by atoms with Crippen molar-refractivity contribution in [2.24, 2.45) is 11.7 Å². The van der Waals surface area contributed by atoms with Gasteiger partial charge in [-0.2, -0.15) is 0 Å². The van der Waals surface area contributed by atoms with Gasteiger partial charge in [-0.3, -0.25) is 4.79 Å². The lowest BCUT2D eigenvalue weighted by Crippen LogP contribution is -2.51. The number of nitrogens with two attached hydrogens (primary N) is 1. The maximum Gasteiger partial charge on any atom is 0.239 e. The number of rotatable bonds is 5. The van der Waals surface area contributed by atoms with E-state index in [0.29, 0.717) is 24.0 Å². The number of hydrogen-bond donors (Lipinski definition) is 1. The molecule has 4 atom stereocenters. The standard InChI is InChI=1S/C17H33N3O/c1-5-6-13-11-14(19(4)12(2)3)7-8-16(13)20-10-9-15(18)17(20)21/h12-16H,5-11,18H2,1-4H3/t13-,14-,15?,16+/m1/s1. The molecule has 4 nitrogen and oxygen atoms in total. The van der Waals surface area contributed by atoms with Gasteiger partial charge in [0.1, 0.15) is 0 Å². The summed E-state index contributed by atoms with van der Waals surface area (Å²) in [5.41, 5.74) is 5.91. The molecule has 1 heterocycles. The van der Waals surface area contributed by atoms with Gasteiger partial charge in [-0.1, -0.05) is 13.3 Å². The molecule has 21 heavy (non-hydrogen) atoms. The molecule has 1 amide bonds. The number of amides is 1. The molecule has 2 aliphatic rings. The zero-order valence-corrected chi connectivity index (χ0v) is 14.2. The van der Waals surface area contributed by atoms with Crippen LogP contribution in [0, 0.1) is 5.92 Å². The Morgan fingerprint density at radius 1 is 1.33 bits per heavy atom. The maximum absolute atomic E-state index is 12.3. The smallest absolute Gasteiger partial charge is 0.239 e. The summed E-state index contributed by atoms with van der Waals surface area (Å²) in [7, 11) is 2.25. The molecule has 0 aromatic rings. The Balaban J connectivity index is 2.05. The van der Waals surface area contributed by atoms with Crippen molar-refractivity contribution in [3.8, 4) is 0 Å². The molecule has 4 heteroatoms. The number of carbonyl (C=O) groups excluding carboxylic acids is 1. The molecule has 1 aliphatic carbocycles. The SMILES string of the molecule is CCC[C@@H]1C[C@H](N(C)C(C)C)CC[C@@H]1N1CCC(N)C1=O. The highest BCUT2D eigenvalue weighted by Gasteiger charge is 2.40. The van der Waals surface area contributed by atoms with E-state index in [0.717, 1.165) is 19.4 Å². The fraction of sp³-hybridized carbons (Fsp3) is 0.941. The summed E-state index contributed by atoms with van der Waals surface area (Å²) in [5, 5.41) is 0. The Morgan fingerprint density at radius 2 is 2.05 bits per heavy atom. The Kier molecular flexibility index (Phi) is 5.67. The van der Waals surface area contributed by atoms with Crippen LogP contribution in [0.3, 0.4) is 0 Å². The maximum atomic E-state index is 12.3. The highest BCUT2D eigenvalue weighted by Crippen LogP contribution is 2.36. The highest BCUT2D eigenvalue weighted by atomic mass is 16.2. The second kappa shape index (κ2) is 7.10. The minimum absolute atomic E-state index is 0.191. The van der Waals surface area contributed by atoms with E-state index in [9.17, 15) is 4.79 Å². The second-order valence-electron chi connectivity index (χ2n) is 7.27. The van der Waals surface area contributed by atoms with Crippen LogP contribution in [-0.2, 0) is 4.79 Å². The van der Waals surface area contributed by atoms with Crippen LogP contribution in [0.5, 0.6) is 0 Å². The summed E-state index contributed by atoms with van der Waals surface area (Å²) in [6.45, 7) is 7.66. The van der Waals surface area contributed by atoms with E-state index in [2.05, 4.69) is 37.6 Å². The molecule has 1 aliphatic heterocycles. The van der Waals surface area contributed by atoms with Crippen LogP contribution >= 0.6 is 0 Å². The number of nitrogens with zero attached hydrogens (tertiary/aromatic N) is 2. The van der Waals surface area contributed by atoms with Crippen LogP contribution in [0.2, 0.25) is 0 Å². The highest BCUT2D eigenvalue weighted by molar-refractivity contribution is 5.84. The van der Waals surface area contributed by atoms with Crippen LogP contribution in [0.1, 0.15) is 59.3 Å². The summed E-state index contributed by atoms with van der Waals surface area (Å²) in [6, 6.07) is 1.45. The van der Waals surface area contributed by atoms with Crippen LogP contribution in [0.25, 0.3) is 0 Å². The van der Waals surface area contributed by atoms with E-state index in [1.807, 2.05) is 0 Å². The van der Waals surface area contributed by atoms with Gasteiger partial charge in [-0.25, -0.2) is 0 Å². The van der Waals surface area contributed by atoms with Gasteiger partial charge in [0.25, 0.3) is 0 Å². The monoisotopic (exact) mass is 295 g/mol. The minimum Gasteiger partial charge on any atom is -0.338 e. The van der Waals surface area contributed by atoms with Gasteiger partial charge < -0.3 is 15.5 Å². The van der Waals surface area contributed by atoms with E-state index in [4.69, 9.17) is 5.73 Å². The Hall–Kier alpha value is -0.610. The van der Waals surface area contributed by atoms with E-state index in [-0.39, 0.29) is 11.9 Å². The van der Waals surface area contributed by atoms with Crippen molar-refractivity contribution in [2.75, 3.05) is 13.6 Å². The molecule has 2 fully saturated rings. The summed E-state index contributed by atoms with van der Waals surface area (Å²) in [6.07, 6.45) is 6.85. The third-order valence-corrected chi connectivity index (χ3v) is 5.65. The zero-order valence-electron chi connectivity index (χ0n) is 14.2. The van der Waals surface area contributed by atoms with Crippen molar-refractivity contribution in [1.82, 2.24) is 9.80 Å². The predicted octanol–water partition coefficient (Wildman–Crippen LogP) is 2.22. The molecule has 0 aromatic heterocycles. The minimum atomic E-state index is -0.247. The molecule has 0 bridgehead atoms. The summed E-state index contributed by atoms with van der Waals surface area (Å²) >= 11 is 0. The van der Waals surface area contributed by atoms with Gasteiger partial charge in [0.2, 0.25) is 5.91 Å². The first-order chi connectivity index (χ1) is 9.95. The first-order valence-corrected chi connectivity index (χ1v) is 8.73. The Morgan fingerprint density at radius 3 is 2.57 bits per heavy atom. The second-order valence-corrected chi connectivity index (χ2v) is 7.27. The lowest BCUT2D eigenvalue weighted by Gasteiger charge is -2.44. The van der Waals surface area contributed by atoms with Crippen molar-refractivity contribution in [2.45, 2.75) is 83.5 Å². The number of likely N-dealkylation sites (tertiary alicyclic amines) is 1. The van der Waals surface area contributed by atoms with Crippen molar-refractivity contribution < 1.29 is 4.79 Å². The van der Waals surface area contributed by atoms with Crippen molar-refractivity contribution in [1.29, 1.82) is 0 Å². The zero-order chi connectivity index (χ0) is 15.6. The number of hydrogen-bond acceptors (Lipinski definition) is 3. The molecule has 2 rings (SSSR count). The summed E-state index contributed by atoms with van der Waals surface area (Å²) in [5.74, 6) is 0.834. The molecule has 2 N–H and O–H groups in total. The van der Waals surface area contributed by atoms with Crippen molar-refractivity contribution >= 4 is 5.91 Å². The lowest BCUT2D eigenvalue weighted by atomic mass is 9.77. The first-order valence-electron chi connectivity index (χ1n) is 8.73. The largest absolute Gasteiger partial charge is 0.338 e.